The van der Waals surface area contributed by atoms with Crippen LogP contribution in [0.2, 0.25) is 0 Å². The number of fused-ring (bicyclic) bond motifs is 1. The first-order chi connectivity index (χ1) is 17.5. The molecule has 1 aliphatic rings. The molecule has 0 spiro atoms. The van der Waals surface area contributed by atoms with Crippen LogP contribution in [0.3, 0.4) is 0 Å². The van der Waals surface area contributed by atoms with Crippen LogP contribution >= 0.6 is 0 Å². The van der Waals surface area contributed by atoms with Crippen molar-refractivity contribution in [3.63, 3.8) is 0 Å². The molecule has 1 aromatic heterocycles. The Hall–Kier alpha value is -4.33. The second-order valence-corrected chi connectivity index (χ2v) is 8.98. The predicted molar refractivity (Wildman–Crippen MR) is 137 cm³/mol. The third-order valence-electron chi connectivity index (χ3n) is 5.64. The molecule has 8 heteroatoms. The Morgan fingerprint density at radius 3 is 2.58 bits per heavy atom. The summed E-state index contributed by atoms with van der Waals surface area (Å²) >= 11 is 0. The molecule has 8 nitrogen and oxygen atoms in total. The molecule has 2 heterocycles. The number of nitrogens with one attached hydrogen (secondary N) is 1. The summed E-state index contributed by atoms with van der Waals surface area (Å²) < 4.78 is 18.5. The van der Waals surface area contributed by atoms with Gasteiger partial charge in [-0.2, -0.15) is 4.98 Å². The first-order valence-electron chi connectivity index (χ1n) is 12.0. The molecule has 0 bridgehead atoms. The fraction of sp³-hybridized carbons (Fsp3) is 0.250. The van der Waals surface area contributed by atoms with Crippen molar-refractivity contribution in [2.75, 3.05) is 18.7 Å². The molecule has 0 unspecified atom stereocenters. The van der Waals surface area contributed by atoms with Crippen LogP contribution in [0.5, 0.6) is 17.5 Å². The number of carbonyl (C=O) groups excluding carboxylic acids is 1. The molecule has 1 amide bonds. The van der Waals surface area contributed by atoms with E-state index in [2.05, 4.69) is 29.2 Å². The average Bonchev–Trinajstić information content (AvgIpc) is 3.54. The fourth-order valence-corrected chi connectivity index (χ4v) is 3.81. The molecule has 4 aromatic rings. The third kappa shape index (κ3) is 5.49. The van der Waals surface area contributed by atoms with Gasteiger partial charge in [0.15, 0.2) is 17.3 Å². The highest BCUT2D eigenvalue weighted by atomic mass is 16.7. The van der Waals surface area contributed by atoms with Crippen molar-refractivity contribution < 1.29 is 19.0 Å². The lowest BCUT2D eigenvalue weighted by atomic mass is 10.1. The van der Waals surface area contributed by atoms with Gasteiger partial charge in [0.05, 0.1) is 12.3 Å². The molecule has 184 valence electrons. The van der Waals surface area contributed by atoms with E-state index in [0.717, 1.165) is 22.5 Å². The summed E-state index contributed by atoms with van der Waals surface area (Å²) in [4.78, 5) is 17.1. The van der Waals surface area contributed by atoms with Crippen molar-refractivity contribution in [1.82, 2.24) is 14.8 Å². The van der Waals surface area contributed by atoms with Gasteiger partial charge >= 0.3 is 6.01 Å². The van der Waals surface area contributed by atoms with Crippen molar-refractivity contribution in [2.45, 2.75) is 26.7 Å². The van der Waals surface area contributed by atoms with E-state index in [4.69, 9.17) is 14.2 Å². The Bertz CT molecular complexity index is 1330. The van der Waals surface area contributed by atoms with Crippen molar-refractivity contribution >= 4 is 11.6 Å². The maximum absolute atomic E-state index is 12.4. The summed E-state index contributed by atoms with van der Waals surface area (Å²) in [7, 11) is 0. The molecule has 3 aromatic carbocycles. The molecule has 36 heavy (non-hydrogen) atoms. The van der Waals surface area contributed by atoms with Crippen molar-refractivity contribution in [1.29, 1.82) is 0 Å². The van der Waals surface area contributed by atoms with E-state index in [1.165, 1.54) is 0 Å². The Morgan fingerprint density at radius 2 is 1.81 bits per heavy atom. The lowest BCUT2D eigenvalue weighted by Crippen LogP contribution is -2.12. The number of benzene rings is 3. The highest BCUT2D eigenvalue weighted by Crippen LogP contribution is 2.36. The quantitative estimate of drug-likeness (QED) is 0.348. The van der Waals surface area contributed by atoms with Crippen LogP contribution in [0.15, 0.2) is 72.8 Å². The van der Waals surface area contributed by atoms with Crippen molar-refractivity contribution in [3.8, 4) is 34.6 Å². The van der Waals surface area contributed by atoms with Crippen molar-refractivity contribution in [3.05, 3.63) is 78.4 Å². The summed E-state index contributed by atoms with van der Waals surface area (Å²) in [6.07, 6.45) is 1.11. The largest absolute Gasteiger partial charge is 0.462 e. The van der Waals surface area contributed by atoms with Gasteiger partial charge in [-0.05, 0) is 60.4 Å². The lowest BCUT2D eigenvalue weighted by Gasteiger charge is -2.09. The van der Waals surface area contributed by atoms with Gasteiger partial charge in [-0.3, -0.25) is 4.79 Å². The van der Waals surface area contributed by atoms with Crippen LogP contribution in [-0.4, -0.2) is 34.1 Å². The minimum Gasteiger partial charge on any atom is -0.462 e. The van der Waals surface area contributed by atoms with E-state index in [1.54, 1.807) is 4.68 Å². The van der Waals surface area contributed by atoms with Crippen LogP contribution in [0, 0.1) is 5.92 Å². The molecule has 0 radical (unpaired) electrons. The second-order valence-electron chi connectivity index (χ2n) is 8.98. The minimum absolute atomic E-state index is 0.0298. The zero-order chi connectivity index (χ0) is 24.9. The first-order valence-corrected chi connectivity index (χ1v) is 12.0. The Labute approximate surface area is 209 Å². The van der Waals surface area contributed by atoms with Gasteiger partial charge in [0.25, 0.3) is 0 Å². The van der Waals surface area contributed by atoms with Crippen LogP contribution < -0.4 is 19.5 Å². The number of nitrogens with zero attached hydrogens (tertiary/aromatic N) is 3. The molecule has 1 N–H and O–H groups in total. The summed E-state index contributed by atoms with van der Waals surface area (Å²) in [5.41, 5.74) is 3.47. The maximum Gasteiger partial charge on any atom is 0.336 e. The van der Waals surface area contributed by atoms with Crippen LogP contribution in [0.4, 0.5) is 5.69 Å². The molecule has 0 fully saturated rings. The standard InChI is InChI=1S/C28H28N4O4/c1-19(2)17-34-28-30-27(21-9-14-24-25(16-21)36-18-35-24)32(31-28)23-12-10-22(11-13-23)29-26(33)15-8-20-6-4-3-5-7-20/h3-7,9-14,16,19H,8,15,17-18H2,1-2H3,(H,29,33). The molecule has 0 saturated heterocycles. The highest BCUT2D eigenvalue weighted by molar-refractivity contribution is 5.90. The van der Waals surface area contributed by atoms with Gasteiger partial charge in [-0.15, -0.1) is 5.10 Å². The summed E-state index contributed by atoms with van der Waals surface area (Å²) in [6.45, 7) is 4.86. The number of aryl methyl sites for hydroxylation is 1. The topological polar surface area (TPSA) is 87.5 Å². The average molecular weight is 485 g/mol. The van der Waals surface area contributed by atoms with Gasteiger partial charge in [-0.25, -0.2) is 4.68 Å². The number of ether oxygens (including phenoxy) is 3. The molecule has 0 aliphatic carbocycles. The summed E-state index contributed by atoms with van der Waals surface area (Å²) in [5.74, 6) is 2.30. The van der Waals surface area contributed by atoms with E-state index in [0.29, 0.717) is 48.7 Å². The third-order valence-corrected chi connectivity index (χ3v) is 5.64. The number of aromatic nitrogens is 3. The monoisotopic (exact) mass is 484 g/mol. The smallest absolute Gasteiger partial charge is 0.336 e. The van der Waals surface area contributed by atoms with Gasteiger partial charge in [0.1, 0.15) is 0 Å². The number of anilines is 1. The van der Waals surface area contributed by atoms with Crippen LogP contribution in [0.25, 0.3) is 17.1 Å². The molecule has 0 saturated carbocycles. The molecular weight excluding hydrogens is 456 g/mol. The van der Waals surface area contributed by atoms with Gasteiger partial charge < -0.3 is 19.5 Å². The second kappa shape index (κ2) is 10.5. The van der Waals surface area contributed by atoms with E-state index >= 15 is 0 Å². The van der Waals surface area contributed by atoms with E-state index in [9.17, 15) is 4.79 Å². The predicted octanol–water partition coefficient (Wildman–Crippen LogP) is 5.27. The van der Waals surface area contributed by atoms with E-state index in [1.807, 2.05) is 72.8 Å². The normalized spacial score (nSPS) is 12.1. The fourth-order valence-electron chi connectivity index (χ4n) is 3.81. The summed E-state index contributed by atoms with van der Waals surface area (Å²) in [6, 6.07) is 23.4. The number of hydrogen-bond acceptors (Lipinski definition) is 6. The molecule has 0 atom stereocenters. The van der Waals surface area contributed by atoms with E-state index < -0.39 is 0 Å². The minimum atomic E-state index is -0.0298. The zero-order valence-corrected chi connectivity index (χ0v) is 20.3. The number of rotatable bonds is 9. The highest BCUT2D eigenvalue weighted by Gasteiger charge is 2.19. The Kier molecular flexibility index (Phi) is 6.84. The van der Waals surface area contributed by atoms with Gasteiger partial charge in [0, 0.05) is 17.7 Å². The number of hydrogen-bond donors (Lipinski definition) is 1. The van der Waals surface area contributed by atoms with Gasteiger partial charge in [0.2, 0.25) is 12.7 Å². The Morgan fingerprint density at radius 1 is 1.03 bits per heavy atom. The van der Waals surface area contributed by atoms with Crippen LogP contribution in [0.1, 0.15) is 25.8 Å². The molecule has 1 aliphatic heterocycles. The SMILES string of the molecule is CC(C)COc1nc(-c2ccc3c(c2)OCO3)n(-c2ccc(NC(=O)CCc3ccccc3)cc2)n1. The maximum atomic E-state index is 12.4. The summed E-state index contributed by atoms with van der Waals surface area (Å²) in [5, 5.41) is 7.56. The lowest BCUT2D eigenvalue weighted by molar-refractivity contribution is -0.116. The van der Waals surface area contributed by atoms with Crippen LogP contribution in [-0.2, 0) is 11.2 Å². The first kappa shape index (κ1) is 23.4. The number of carbonyl (C=O) groups is 1. The molecule has 5 rings (SSSR count). The Balaban J connectivity index is 1.34. The van der Waals surface area contributed by atoms with Gasteiger partial charge in [-0.1, -0.05) is 44.2 Å². The number of amides is 1. The zero-order valence-electron chi connectivity index (χ0n) is 20.3. The van der Waals surface area contributed by atoms with E-state index in [-0.39, 0.29) is 12.7 Å². The van der Waals surface area contributed by atoms with Crippen molar-refractivity contribution in [2.24, 2.45) is 5.92 Å². The molecular formula is C28H28N4O4.